The Balaban J connectivity index is 1.95. The van der Waals surface area contributed by atoms with E-state index in [1.165, 1.54) is 11.8 Å². The third-order valence-corrected chi connectivity index (χ3v) is 5.66. The van der Waals surface area contributed by atoms with Gasteiger partial charge >= 0.3 is 0 Å². The van der Waals surface area contributed by atoms with E-state index in [0.717, 1.165) is 5.56 Å². The zero-order valence-corrected chi connectivity index (χ0v) is 18.9. The Morgan fingerprint density at radius 3 is 2.68 bits per heavy atom. The fourth-order valence-electron chi connectivity index (χ4n) is 3.41. The highest BCUT2D eigenvalue weighted by molar-refractivity contribution is 7.98. The van der Waals surface area contributed by atoms with Crippen molar-refractivity contribution >= 4 is 35.0 Å². The summed E-state index contributed by atoms with van der Waals surface area (Å²) in [5.41, 5.74) is 2.52. The SMILES string of the molecule is CCCC(=O)N1c2ccc(Cl)cc2-c2nnc(SC)nc2O[C@@H]1c1ccc(OC)cc1. The molecule has 0 aliphatic carbocycles. The molecule has 1 atom stereocenters. The zero-order valence-electron chi connectivity index (χ0n) is 17.3. The van der Waals surface area contributed by atoms with Gasteiger partial charge in [0.05, 0.1) is 12.8 Å². The van der Waals surface area contributed by atoms with E-state index in [9.17, 15) is 4.79 Å². The lowest BCUT2D eigenvalue weighted by Gasteiger charge is -2.31. The molecule has 0 fully saturated rings. The first-order valence-corrected chi connectivity index (χ1v) is 11.4. The highest BCUT2D eigenvalue weighted by Gasteiger charge is 2.35. The maximum absolute atomic E-state index is 13.3. The van der Waals surface area contributed by atoms with Gasteiger partial charge < -0.3 is 9.47 Å². The molecule has 0 saturated heterocycles. The first kappa shape index (κ1) is 21.4. The van der Waals surface area contributed by atoms with Crippen LogP contribution in [0.4, 0.5) is 5.69 Å². The molecule has 0 bridgehead atoms. The van der Waals surface area contributed by atoms with Crippen LogP contribution in [0.5, 0.6) is 11.6 Å². The second-order valence-electron chi connectivity index (χ2n) is 6.87. The van der Waals surface area contributed by atoms with Crippen molar-refractivity contribution in [1.29, 1.82) is 0 Å². The van der Waals surface area contributed by atoms with Gasteiger partial charge in [-0.3, -0.25) is 9.69 Å². The van der Waals surface area contributed by atoms with Crippen LogP contribution in [0.1, 0.15) is 31.6 Å². The van der Waals surface area contributed by atoms with Gasteiger partial charge in [-0.05, 0) is 55.1 Å². The quantitative estimate of drug-likeness (QED) is 0.491. The van der Waals surface area contributed by atoms with E-state index in [1.54, 1.807) is 24.1 Å². The highest BCUT2D eigenvalue weighted by Crippen LogP contribution is 2.44. The van der Waals surface area contributed by atoms with E-state index in [2.05, 4.69) is 15.2 Å². The van der Waals surface area contributed by atoms with Gasteiger partial charge in [0, 0.05) is 22.6 Å². The maximum atomic E-state index is 13.3. The average molecular weight is 457 g/mol. The van der Waals surface area contributed by atoms with Crippen molar-refractivity contribution < 1.29 is 14.3 Å². The van der Waals surface area contributed by atoms with Crippen LogP contribution in [0.25, 0.3) is 11.3 Å². The molecule has 0 radical (unpaired) electrons. The minimum Gasteiger partial charge on any atom is -0.497 e. The zero-order chi connectivity index (χ0) is 22.0. The van der Waals surface area contributed by atoms with Crippen LogP contribution in [0.15, 0.2) is 47.6 Å². The van der Waals surface area contributed by atoms with Crippen LogP contribution >= 0.6 is 23.4 Å². The fourth-order valence-corrected chi connectivity index (χ4v) is 3.88. The van der Waals surface area contributed by atoms with Crippen molar-refractivity contribution in [3.63, 3.8) is 0 Å². The second kappa shape index (κ2) is 9.11. The minimum absolute atomic E-state index is 0.0715. The van der Waals surface area contributed by atoms with Gasteiger partial charge in [-0.25, -0.2) is 0 Å². The number of carbonyl (C=O) groups is 1. The molecule has 0 unspecified atom stereocenters. The number of rotatable bonds is 5. The minimum atomic E-state index is -0.738. The van der Waals surface area contributed by atoms with Crippen molar-refractivity contribution in [3.8, 4) is 22.9 Å². The van der Waals surface area contributed by atoms with Gasteiger partial charge in [-0.15, -0.1) is 10.2 Å². The van der Waals surface area contributed by atoms with E-state index in [-0.39, 0.29) is 5.91 Å². The Kier molecular flexibility index (Phi) is 6.29. The number of aromatic nitrogens is 3. The molecule has 1 aliphatic heterocycles. The maximum Gasteiger partial charge on any atom is 0.247 e. The number of hydrogen-bond donors (Lipinski definition) is 0. The van der Waals surface area contributed by atoms with E-state index < -0.39 is 6.23 Å². The smallest absolute Gasteiger partial charge is 0.247 e. The Labute approximate surface area is 189 Å². The summed E-state index contributed by atoms with van der Waals surface area (Å²) in [6.45, 7) is 1.97. The second-order valence-corrected chi connectivity index (χ2v) is 8.08. The molecule has 1 amide bonds. The van der Waals surface area contributed by atoms with Crippen LogP contribution in [0.2, 0.25) is 5.02 Å². The topological polar surface area (TPSA) is 77.4 Å². The lowest BCUT2D eigenvalue weighted by molar-refractivity contribution is -0.120. The van der Waals surface area contributed by atoms with Crippen LogP contribution in [0, 0.1) is 0 Å². The first-order valence-electron chi connectivity index (χ1n) is 9.77. The molecule has 3 aromatic rings. The summed E-state index contributed by atoms with van der Waals surface area (Å²) < 4.78 is 11.6. The number of thioether (sulfide) groups is 1. The number of halogens is 1. The predicted molar refractivity (Wildman–Crippen MR) is 121 cm³/mol. The molecule has 9 heteroatoms. The van der Waals surface area contributed by atoms with Gasteiger partial charge in [0.25, 0.3) is 0 Å². The van der Waals surface area contributed by atoms with Gasteiger partial charge in [-0.1, -0.05) is 30.3 Å². The Morgan fingerprint density at radius 2 is 2.00 bits per heavy atom. The normalized spacial score (nSPS) is 14.8. The van der Waals surface area contributed by atoms with Crippen molar-refractivity contribution in [2.24, 2.45) is 0 Å². The summed E-state index contributed by atoms with van der Waals surface area (Å²) in [4.78, 5) is 19.5. The number of benzene rings is 2. The van der Waals surface area contributed by atoms with E-state index >= 15 is 0 Å². The summed E-state index contributed by atoms with van der Waals surface area (Å²) in [5.74, 6) is 0.943. The Morgan fingerprint density at radius 1 is 1.23 bits per heavy atom. The van der Waals surface area contributed by atoms with Crippen molar-refractivity contribution in [1.82, 2.24) is 15.2 Å². The van der Waals surface area contributed by atoms with Crippen LogP contribution in [0.3, 0.4) is 0 Å². The Bertz CT molecular complexity index is 1110. The molecule has 7 nitrogen and oxygen atoms in total. The molecule has 2 aromatic carbocycles. The third kappa shape index (κ3) is 4.18. The van der Waals surface area contributed by atoms with Gasteiger partial charge in [0.2, 0.25) is 23.2 Å². The number of ether oxygens (including phenoxy) is 2. The third-order valence-electron chi connectivity index (χ3n) is 4.88. The molecule has 160 valence electrons. The lowest BCUT2D eigenvalue weighted by atomic mass is 10.1. The van der Waals surface area contributed by atoms with Crippen molar-refractivity contribution in [2.75, 3.05) is 18.3 Å². The van der Waals surface area contributed by atoms with Crippen LogP contribution < -0.4 is 14.4 Å². The number of nitrogens with zero attached hydrogens (tertiary/aromatic N) is 4. The lowest BCUT2D eigenvalue weighted by Crippen LogP contribution is -2.37. The van der Waals surface area contributed by atoms with Gasteiger partial charge in [0.1, 0.15) is 5.75 Å². The number of anilines is 1. The predicted octanol–water partition coefficient (Wildman–Crippen LogP) is 5.15. The number of carbonyl (C=O) groups excluding carboxylic acids is 1. The number of methoxy groups -OCH3 is 1. The van der Waals surface area contributed by atoms with Gasteiger partial charge in [0.15, 0.2) is 5.69 Å². The highest BCUT2D eigenvalue weighted by atomic mass is 35.5. The van der Waals surface area contributed by atoms with Crippen LogP contribution in [-0.4, -0.2) is 34.5 Å². The van der Waals surface area contributed by atoms with Crippen molar-refractivity contribution in [3.05, 3.63) is 53.1 Å². The number of fused-ring (bicyclic) bond motifs is 3. The summed E-state index contributed by atoms with van der Waals surface area (Å²) in [6, 6.07) is 12.7. The summed E-state index contributed by atoms with van der Waals surface area (Å²) in [5, 5.41) is 9.51. The van der Waals surface area contributed by atoms with Crippen LogP contribution in [-0.2, 0) is 4.79 Å². The molecular formula is C22H21ClN4O3S. The summed E-state index contributed by atoms with van der Waals surface area (Å²) in [6.07, 6.45) is 2.19. The van der Waals surface area contributed by atoms with E-state index in [0.29, 0.717) is 51.6 Å². The monoisotopic (exact) mass is 456 g/mol. The molecule has 0 spiro atoms. The van der Waals surface area contributed by atoms with E-state index in [4.69, 9.17) is 21.1 Å². The average Bonchev–Trinajstić information content (AvgIpc) is 2.93. The first-order chi connectivity index (χ1) is 15.0. The van der Waals surface area contributed by atoms with E-state index in [1.807, 2.05) is 43.5 Å². The Hall–Kier alpha value is -2.84. The van der Waals surface area contributed by atoms with Crippen molar-refractivity contribution in [2.45, 2.75) is 31.1 Å². The fraction of sp³-hybridized carbons (Fsp3) is 0.273. The number of hydrogen-bond acceptors (Lipinski definition) is 7. The standard InChI is InChI=1S/C22H21ClN4O3S/c1-4-5-18(28)27-17-11-8-14(23)12-16(17)19-20(24-22(31-3)26-25-19)30-21(27)13-6-9-15(29-2)10-7-13/h6-12,21H,4-5H2,1-3H3/t21-/m1/s1. The molecule has 0 saturated carbocycles. The summed E-state index contributed by atoms with van der Waals surface area (Å²) in [7, 11) is 1.61. The molecule has 1 aromatic heterocycles. The molecule has 31 heavy (non-hydrogen) atoms. The number of amides is 1. The largest absolute Gasteiger partial charge is 0.497 e. The molecule has 1 aliphatic rings. The molecule has 2 heterocycles. The summed E-state index contributed by atoms with van der Waals surface area (Å²) >= 11 is 7.66. The molecule has 0 N–H and O–H groups in total. The molecular weight excluding hydrogens is 436 g/mol. The van der Waals surface area contributed by atoms with Gasteiger partial charge in [-0.2, -0.15) is 4.98 Å². The molecule has 4 rings (SSSR count).